The third-order valence-electron chi connectivity index (χ3n) is 5.11. The molecule has 0 bridgehead atoms. The van der Waals surface area contributed by atoms with Crippen molar-refractivity contribution < 1.29 is 14.3 Å². The van der Waals surface area contributed by atoms with Crippen LogP contribution in [0.5, 0.6) is 11.5 Å². The number of rotatable bonds is 6. The molecule has 1 unspecified atom stereocenters. The Bertz CT molecular complexity index is 1210. The Morgan fingerprint density at radius 2 is 2.06 bits per heavy atom. The highest BCUT2D eigenvalue weighted by molar-refractivity contribution is 7.18. The van der Waals surface area contributed by atoms with Crippen molar-refractivity contribution in [2.75, 3.05) is 13.2 Å². The van der Waals surface area contributed by atoms with E-state index in [2.05, 4.69) is 22.4 Å². The van der Waals surface area contributed by atoms with Gasteiger partial charge in [0.1, 0.15) is 24.1 Å². The minimum absolute atomic E-state index is 0.223. The van der Waals surface area contributed by atoms with Gasteiger partial charge in [-0.1, -0.05) is 13.3 Å². The molecule has 1 amide bonds. The van der Waals surface area contributed by atoms with E-state index in [9.17, 15) is 9.59 Å². The van der Waals surface area contributed by atoms with Crippen LogP contribution in [0, 0.1) is 0 Å². The second kappa shape index (κ2) is 8.89. The monoisotopic (exact) mass is 440 g/mol. The summed E-state index contributed by atoms with van der Waals surface area (Å²) in [7, 11) is 0. The number of hydrogen-bond acceptors (Lipinski definition) is 7. The van der Waals surface area contributed by atoms with Crippen molar-refractivity contribution in [2.24, 2.45) is 5.10 Å². The van der Waals surface area contributed by atoms with Gasteiger partial charge in [0.25, 0.3) is 11.5 Å². The predicted molar refractivity (Wildman–Crippen MR) is 120 cm³/mol. The molecular weight excluding hydrogens is 416 g/mol. The topological polar surface area (TPSA) is 94.8 Å². The summed E-state index contributed by atoms with van der Waals surface area (Å²) in [5, 5.41) is 4.75. The van der Waals surface area contributed by atoms with E-state index in [0.29, 0.717) is 40.6 Å². The second-order valence-corrected chi connectivity index (χ2v) is 8.46. The fourth-order valence-corrected chi connectivity index (χ4v) is 4.41. The van der Waals surface area contributed by atoms with E-state index < -0.39 is 11.9 Å². The normalized spacial score (nSPS) is 14.5. The first-order valence-electron chi connectivity index (χ1n) is 10.2. The van der Waals surface area contributed by atoms with Crippen LogP contribution in [0.15, 0.2) is 40.5 Å². The second-order valence-electron chi connectivity index (χ2n) is 7.35. The maximum absolute atomic E-state index is 12.9. The summed E-state index contributed by atoms with van der Waals surface area (Å²) in [6.45, 7) is 6.56. The molecule has 1 N–H and O–H groups in total. The highest BCUT2D eigenvalue weighted by Crippen LogP contribution is 2.30. The van der Waals surface area contributed by atoms with Crippen LogP contribution < -0.4 is 20.5 Å². The molecular formula is C22H24N4O4S. The van der Waals surface area contributed by atoms with Crippen molar-refractivity contribution in [3.63, 3.8) is 0 Å². The maximum Gasteiger partial charge on any atom is 0.263 e. The molecule has 0 saturated carbocycles. The van der Waals surface area contributed by atoms with Crippen LogP contribution >= 0.6 is 11.3 Å². The Balaban J connectivity index is 1.50. The average Bonchev–Trinajstić information content (AvgIpc) is 3.20. The van der Waals surface area contributed by atoms with Crippen molar-refractivity contribution in [1.82, 2.24) is 15.0 Å². The van der Waals surface area contributed by atoms with Gasteiger partial charge in [-0.05, 0) is 44.5 Å². The number of benzene rings is 1. The van der Waals surface area contributed by atoms with E-state index in [0.717, 1.165) is 23.3 Å². The molecule has 0 radical (unpaired) electrons. The Morgan fingerprint density at radius 3 is 2.84 bits per heavy atom. The lowest BCUT2D eigenvalue weighted by molar-refractivity contribution is -0.123. The molecule has 1 atom stereocenters. The standard InChI is InChI=1S/C22H24N4O4S/c1-4-5-16-11-17-21(31-16)23-12-26(22(17)28)14(3)20(27)25-24-13(2)15-6-7-18-19(10-15)30-9-8-29-18/h6-7,10-12,14H,4-5,8-9H2,1-3H3,(H,25,27). The lowest BCUT2D eigenvalue weighted by Gasteiger charge is -2.18. The molecule has 0 fully saturated rings. The Labute approximate surface area is 183 Å². The number of aromatic nitrogens is 2. The SMILES string of the molecule is CCCc1cc2c(=O)n(C(C)C(=O)NN=C(C)c3ccc4c(c3)OCCO4)cnc2s1. The van der Waals surface area contributed by atoms with Gasteiger partial charge in [0.05, 0.1) is 17.4 Å². The van der Waals surface area contributed by atoms with Crippen molar-refractivity contribution in [3.05, 3.63) is 51.4 Å². The number of hydrazone groups is 1. The third-order valence-corrected chi connectivity index (χ3v) is 6.22. The van der Waals surface area contributed by atoms with Crippen LogP contribution in [-0.4, -0.2) is 34.4 Å². The van der Waals surface area contributed by atoms with Crippen molar-refractivity contribution in [3.8, 4) is 11.5 Å². The first kappa shape index (κ1) is 21.0. The summed E-state index contributed by atoms with van der Waals surface area (Å²) < 4.78 is 12.5. The first-order valence-corrected chi connectivity index (χ1v) is 11.0. The van der Waals surface area contributed by atoms with Gasteiger partial charge in [0.15, 0.2) is 11.5 Å². The number of aryl methyl sites for hydroxylation is 1. The zero-order valence-corrected chi connectivity index (χ0v) is 18.5. The summed E-state index contributed by atoms with van der Waals surface area (Å²) in [5.74, 6) is 0.949. The molecule has 1 aliphatic rings. The number of carbonyl (C=O) groups is 1. The number of hydrogen-bond donors (Lipinski definition) is 1. The molecule has 9 heteroatoms. The smallest absolute Gasteiger partial charge is 0.263 e. The Morgan fingerprint density at radius 1 is 1.29 bits per heavy atom. The predicted octanol–water partition coefficient (Wildman–Crippen LogP) is 3.28. The maximum atomic E-state index is 12.9. The van der Waals surface area contributed by atoms with Crippen LogP contribution in [0.4, 0.5) is 0 Å². The largest absolute Gasteiger partial charge is 0.486 e. The van der Waals surface area contributed by atoms with Crippen molar-refractivity contribution in [1.29, 1.82) is 0 Å². The molecule has 1 aromatic carbocycles. The summed E-state index contributed by atoms with van der Waals surface area (Å²) in [5.41, 5.74) is 3.75. The number of nitrogens with one attached hydrogen (secondary N) is 1. The Hall–Kier alpha value is -3.20. The fourth-order valence-electron chi connectivity index (χ4n) is 3.32. The summed E-state index contributed by atoms with van der Waals surface area (Å²) >= 11 is 1.52. The Kier molecular flexibility index (Phi) is 6.03. The molecule has 8 nitrogen and oxygen atoms in total. The molecule has 0 saturated heterocycles. The fraction of sp³-hybridized carbons (Fsp3) is 0.364. The summed E-state index contributed by atoms with van der Waals surface area (Å²) in [6.07, 6.45) is 3.34. The molecule has 4 rings (SSSR count). The zero-order valence-electron chi connectivity index (χ0n) is 17.7. The van der Waals surface area contributed by atoms with Gasteiger partial charge in [-0.15, -0.1) is 11.3 Å². The molecule has 31 heavy (non-hydrogen) atoms. The number of nitrogens with zero attached hydrogens (tertiary/aromatic N) is 3. The van der Waals surface area contributed by atoms with Gasteiger partial charge >= 0.3 is 0 Å². The van der Waals surface area contributed by atoms with Gasteiger partial charge in [-0.25, -0.2) is 10.4 Å². The van der Waals surface area contributed by atoms with Crippen LogP contribution in [0.25, 0.3) is 10.2 Å². The van der Waals surface area contributed by atoms with E-state index in [1.807, 2.05) is 24.3 Å². The van der Waals surface area contributed by atoms with E-state index >= 15 is 0 Å². The molecule has 162 valence electrons. The van der Waals surface area contributed by atoms with Crippen LogP contribution in [0.3, 0.4) is 0 Å². The molecule has 0 spiro atoms. The zero-order chi connectivity index (χ0) is 22.0. The van der Waals surface area contributed by atoms with E-state index in [1.165, 1.54) is 22.2 Å². The van der Waals surface area contributed by atoms with E-state index in [1.54, 1.807) is 13.8 Å². The minimum atomic E-state index is -0.754. The third kappa shape index (κ3) is 4.32. The molecule has 1 aliphatic heterocycles. The van der Waals surface area contributed by atoms with Crippen LogP contribution in [0.1, 0.15) is 43.7 Å². The van der Waals surface area contributed by atoms with Crippen LogP contribution in [-0.2, 0) is 11.2 Å². The number of fused-ring (bicyclic) bond motifs is 2. The molecule has 3 heterocycles. The summed E-state index contributed by atoms with van der Waals surface area (Å²) in [4.78, 5) is 31.7. The first-order chi connectivity index (χ1) is 15.0. The van der Waals surface area contributed by atoms with E-state index in [-0.39, 0.29) is 5.56 Å². The van der Waals surface area contributed by atoms with Gasteiger partial charge in [-0.2, -0.15) is 5.10 Å². The quantitative estimate of drug-likeness (QED) is 0.469. The number of thiophene rings is 1. The number of carbonyl (C=O) groups excluding carboxylic acids is 1. The van der Waals surface area contributed by atoms with Crippen LogP contribution in [0.2, 0.25) is 0 Å². The molecule has 3 aromatic rings. The number of ether oxygens (including phenoxy) is 2. The van der Waals surface area contributed by atoms with E-state index in [4.69, 9.17) is 9.47 Å². The molecule has 0 aliphatic carbocycles. The lowest BCUT2D eigenvalue weighted by atomic mass is 10.1. The van der Waals surface area contributed by atoms with Crippen molar-refractivity contribution >= 4 is 33.2 Å². The minimum Gasteiger partial charge on any atom is -0.486 e. The molecule has 2 aromatic heterocycles. The highest BCUT2D eigenvalue weighted by atomic mass is 32.1. The number of amides is 1. The van der Waals surface area contributed by atoms with Crippen molar-refractivity contribution in [2.45, 2.75) is 39.7 Å². The summed E-state index contributed by atoms with van der Waals surface area (Å²) in [6, 6.07) is 6.63. The average molecular weight is 441 g/mol. The van der Waals surface area contributed by atoms with Gasteiger partial charge in [-0.3, -0.25) is 14.2 Å². The highest BCUT2D eigenvalue weighted by Gasteiger charge is 2.19. The van der Waals surface area contributed by atoms with Gasteiger partial charge in [0.2, 0.25) is 0 Å². The van der Waals surface area contributed by atoms with Gasteiger partial charge < -0.3 is 9.47 Å². The van der Waals surface area contributed by atoms with Gasteiger partial charge in [0, 0.05) is 10.4 Å². The lowest BCUT2D eigenvalue weighted by Crippen LogP contribution is -2.34.